The van der Waals surface area contributed by atoms with Crippen molar-refractivity contribution >= 4 is 39.2 Å². The summed E-state index contributed by atoms with van der Waals surface area (Å²) in [4.78, 5) is 26.2. The molecule has 2 N–H and O–H groups in total. The van der Waals surface area contributed by atoms with E-state index < -0.39 is 0 Å². The van der Waals surface area contributed by atoms with Gasteiger partial charge in [0.1, 0.15) is 0 Å². The van der Waals surface area contributed by atoms with E-state index in [1.54, 1.807) is 4.90 Å². The van der Waals surface area contributed by atoms with Crippen molar-refractivity contribution < 1.29 is 9.59 Å². The molecule has 0 aliphatic carbocycles. The Bertz CT molecular complexity index is 805. The van der Waals surface area contributed by atoms with Gasteiger partial charge in [0, 0.05) is 28.8 Å². The number of amides is 3. The predicted octanol–water partition coefficient (Wildman–Crippen LogP) is 3.99. The molecular weight excluding hydrogens is 382 g/mol. The lowest BCUT2D eigenvalue weighted by Crippen LogP contribution is -2.39. The highest BCUT2D eigenvalue weighted by atomic mass is 79.9. The number of anilines is 2. The number of hydrogen-bond acceptors (Lipinski definition) is 2. The van der Waals surface area contributed by atoms with Gasteiger partial charge in [0.2, 0.25) is 5.91 Å². The molecule has 3 amide bonds. The van der Waals surface area contributed by atoms with Gasteiger partial charge in [0.25, 0.3) is 0 Å². The third-order valence-corrected chi connectivity index (χ3v) is 4.89. The summed E-state index contributed by atoms with van der Waals surface area (Å²) in [6.45, 7) is 4.55. The van der Waals surface area contributed by atoms with Crippen molar-refractivity contribution in [1.29, 1.82) is 0 Å². The molecule has 25 heavy (non-hydrogen) atoms. The Hall–Kier alpha value is -2.34. The Kier molecular flexibility index (Phi) is 5.08. The summed E-state index contributed by atoms with van der Waals surface area (Å²) in [5.74, 6) is 0.0252. The number of hydrogen-bond donors (Lipinski definition) is 2. The number of nitrogens with one attached hydrogen (secondary N) is 2. The maximum Gasteiger partial charge on any atom is 0.319 e. The van der Waals surface area contributed by atoms with Crippen LogP contribution in [0.1, 0.15) is 17.5 Å². The van der Waals surface area contributed by atoms with Crippen LogP contribution >= 0.6 is 15.9 Å². The second-order valence-corrected chi connectivity index (χ2v) is 7.19. The molecule has 1 heterocycles. The van der Waals surface area contributed by atoms with Gasteiger partial charge in [-0.05, 0) is 61.4 Å². The van der Waals surface area contributed by atoms with E-state index in [4.69, 9.17) is 0 Å². The number of carbonyl (C=O) groups is 2. The van der Waals surface area contributed by atoms with E-state index in [0.29, 0.717) is 18.7 Å². The molecular formula is C19H20BrN3O2. The van der Waals surface area contributed by atoms with Crippen molar-refractivity contribution in [2.45, 2.75) is 26.3 Å². The maximum atomic E-state index is 12.3. The van der Waals surface area contributed by atoms with Gasteiger partial charge in [-0.3, -0.25) is 4.79 Å². The third-order valence-electron chi connectivity index (χ3n) is 4.36. The van der Waals surface area contributed by atoms with Gasteiger partial charge in [0.15, 0.2) is 0 Å². The Morgan fingerprint density at radius 2 is 1.84 bits per heavy atom. The number of rotatable bonds is 3. The summed E-state index contributed by atoms with van der Waals surface area (Å²) >= 11 is 3.36. The Balaban J connectivity index is 1.61. The quantitative estimate of drug-likeness (QED) is 0.816. The topological polar surface area (TPSA) is 61.4 Å². The number of nitrogens with zero attached hydrogens (tertiary/aromatic N) is 1. The molecule has 1 saturated heterocycles. The van der Waals surface area contributed by atoms with Gasteiger partial charge in [-0.25, -0.2) is 4.79 Å². The molecule has 3 rings (SSSR count). The van der Waals surface area contributed by atoms with Crippen molar-refractivity contribution in [3.63, 3.8) is 0 Å². The molecule has 1 aliphatic rings. The Labute approximate surface area is 155 Å². The SMILES string of the molecule is Cc1ccc(N2C[C@@H](NC(=O)Nc3ccc(Br)cc3)CC2=O)cc1C. The zero-order valence-corrected chi connectivity index (χ0v) is 15.8. The van der Waals surface area contributed by atoms with E-state index in [1.807, 2.05) is 56.3 Å². The molecule has 0 unspecified atom stereocenters. The first-order valence-electron chi connectivity index (χ1n) is 8.13. The van der Waals surface area contributed by atoms with E-state index in [1.165, 1.54) is 5.56 Å². The van der Waals surface area contributed by atoms with Crippen LogP contribution in [-0.4, -0.2) is 24.5 Å². The molecule has 0 aromatic heterocycles. The van der Waals surface area contributed by atoms with Crippen LogP contribution in [0.4, 0.5) is 16.2 Å². The fourth-order valence-corrected chi connectivity index (χ4v) is 3.10. The lowest BCUT2D eigenvalue weighted by Gasteiger charge is -2.18. The van der Waals surface area contributed by atoms with Crippen LogP contribution in [0.5, 0.6) is 0 Å². The summed E-state index contributed by atoms with van der Waals surface area (Å²) in [6.07, 6.45) is 0.306. The molecule has 2 aromatic carbocycles. The molecule has 1 aliphatic heterocycles. The predicted molar refractivity (Wildman–Crippen MR) is 103 cm³/mol. The van der Waals surface area contributed by atoms with E-state index in [2.05, 4.69) is 26.6 Å². The molecule has 0 radical (unpaired) electrons. The van der Waals surface area contributed by atoms with Crippen molar-refractivity contribution in [1.82, 2.24) is 5.32 Å². The summed E-state index contributed by atoms with van der Waals surface area (Å²) in [5, 5.41) is 5.66. The van der Waals surface area contributed by atoms with Gasteiger partial charge in [0.05, 0.1) is 6.04 Å². The third kappa shape index (κ3) is 4.20. The molecule has 0 bridgehead atoms. The van der Waals surface area contributed by atoms with Crippen LogP contribution in [0.2, 0.25) is 0 Å². The molecule has 130 valence electrons. The minimum atomic E-state index is -0.304. The van der Waals surface area contributed by atoms with Gasteiger partial charge < -0.3 is 15.5 Å². The fourth-order valence-electron chi connectivity index (χ4n) is 2.83. The van der Waals surface area contributed by atoms with Crippen molar-refractivity contribution in [2.24, 2.45) is 0 Å². The smallest absolute Gasteiger partial charge is 0.319 e. The van der Waals surface area contributed by atoms with Crippen LogP contribution in [0.15, 0.2) is 46.9 Å². The van der Waals surface area contributed by atoms with Gasteiger partial charge in [-0.15, -0.1) is 0 Å². The van der Waals surface area contributed by atoms with Crippen LogP contribution in [-0.2, 0) is 4.79 Å². The van der Waals surface area contributed by atoms with Gasteiger partial charge in [-0.1, -0.05) is 22.0 Å². The summed E-state index contributed by atoms with van der Waals surface area (Å²) in [7, 11) is 0. The highest BCUT2D eigenvalue weighted by Crippen LogP contribution is 2.24. The zero-order valence-electron chi connectivity index (χ0n) is 14.2. The largest absolute Gasteiger partial charge is 0.333 e. The maximum absolute atomic E-state index is 12.3. The summed E-state index contributed by atoms with van der Waals surface area (Å²) < 4.78 is 0.948. The molecule has 6 heteroatoms. The highest BCUT2D eigenvalue weighted by Gasteiger charge is 2.31. The summed E-state index contributed by atoms with van der Waals surface area (Å²) in [6, 6.07) is 12.8. The number of benzene rings is 2. The second kappa shape index (κ2) is 7.27. The normalized spacial score (nSPS) is 16.8. The number of aryl methyl sites for hydroxylation is 2. The lowest BCUT2D eigenvalue weighted by atomic mass is 10.1. The van der Waals surface area contributed by atoms with Gasteiger partial charge >= 0.3 is 6.03 Å². The minimum absolute atomic E-state index is 0.0252. The van der Waals surface area contributed by atoms with E-state index in [9.17, 15) is 9.59 Å². The fraction of sp³-hybridized carbons (Fsp3) is 0.263. The van der Waals surface area contributed by atoms with Crippen LogP contribution in [0.25, 0.3) is 0 Å². The molecule has 1 atom stereocenters. The van der Waals surface area contributed by atoms with Crippen LogP contribution in [0.3, 0.4) is 0 Å². The Morgan fingerprint density at radius 1 is 1.12 bits per heavy atom. The molecule has 1 fully saturated rings. The molecule has 0 spiro atoms. The van der Waals surface area contributed by atoms with Crippen molar-refractivity contribution in [3.05, 3.63) is 58.1 Å². The molecule has 2 aromatic rings. The number of urea groups is 1. The van der Waals surface area contributed by atoms with Crippen molar-refractivity contribution in [3.8, 4) is 0 Å². The van der Waals surface area contributed by atoms with Crippen LogP contribution in [0, 0.1) is 13.8 Å². The first-order chi connectivity index (χ1) is 11.9. The molecule has 5 nitrogen and oxygen atoms in total. The lowest BCUT2D eigenvalue weighted by molar-refractivity contribution is -0.117. The van der Waals surface area contributed by atoms with E-state index in [-0.39, 0.29) is 18.0 Å². The van der Waals surface area contributed by atoms with Gasteiger partial charge in [-0.2, -0.15) is 0 Å². The minimum Gasteiger partial charge on any atom is -0.333 e. The average Bonchev–Trinajstić information content (AvgIpc) is 2.92. The Morgan fingerprint density at radius 3 is 2.52 bits per heavy atom. The van der Waals surface area contributed by atoms with Crippen LogP contribution < -0.4 is 15.5 Å². The average molecular weight is 402 g/mol. The van der Waals surface area contributed by atoms with Crippen molar-refractivity contribution in [2.75, 3.05) is 16.8 Å². The first-order valence-corrected chi connectivity index (χ1v) is 8.92. The number of carbonyl (C=O) groups excluding carboxylic acids is 2. The molecule has 0 saturated carbocycles. The number of halogens is 1. The monoisotopic (exact) mass is 401 g/mol. The van der Waals surface area contributed by atoms with E-state index >= 15 is 0 Å². The standard InChI is InChI=1S/C19H20BrN3O2/c1-12-3-8-17(9-13(12)2)23-11-16(10-18(23)24)22-19(25)21-15-6-4-14(20)5-7-15/h3-9,16H,10-11H2,1-2H3,(H2,21,22,25)/t16-/m0/s1. The summed E-state index contributed by atoms with van der Waals surface area (Å²) in [5.41, 5.74) is 3.93. The second-order valence-electron chi connectivity index (χ2n) is 6.28. The highest BCUT2D eigenvalue weighted by molar-refractivity contribution is 9.10. The first kappa shape index (κ1) is 17.5. The van der Waals surface area contributed by atoms with E-state index in [0.717, 1.165) is 15.7 Å². The zero-order chi connectivity index (χ0) is 18.0.